The van der Waals surface area contributed by atoms with Crippen LogP contribution in [0.15, 0.2) is 18.2 Å². The van der Waals surface area contributed by atoms with Crippen molar-refractivity contribution in [1.82, 2.24) is 5.32 Å². The quantitative estimate of drug-likeness (QED) is 0.768. The zero-order chi connectivity index (χ0) is 13.8. The Hall–Kier alpha value is -1.47. The molecule has 5 nitrogen and oxygen atoms in total. The van der Waals surface area contributed by atoms with Crippen LogP contribution in [0.25, 0.3) is 0 Å². The summed E-state index contributed by atoms with van der Waals surface area (Å²) in [5.74, 6) is -1.38. The van der Waals surface area contributed by atoms with Gasteiger partial charge in [0.1, 0.15) is 5.82 Å². The number of nitrogens with one attached hydrogen (secondary N) is 1. The molecule has 0 heterocycles. The third kappa shape index (κ3) is 4.80. The van der Waals surface area contributed by atoms with E-state index < -0.39 is 21.7 Å². The van der Waals surface area contributed by atoms with Gasteiger partial charge in [-0.3, -0.25) is 4.79 Å². The predicted molar refractivity (Wildman–Crippen MR) is 66.1 cm³/mol. The van der Waals surface area contributed by atoms with Gasteiger partial charge in [-0.2, -0.15) is 0 Å². The molecule has 0 aromatic heterocycles. The monoisotopic (exact) mass is 274 g/mol. The van der Waals surface area contributed by atoms with Crippen LogP contribution in [0.1, 0.15) is 22.3 Å². The molecule has 1 amide bonds. The summed E-state index contributed by atoms with van der Waals surface area (Å²) in [6, 6.07) is 4.28. The lowest BCUT2D eigenvalue weighted by Crippen LogP contribution is -2.28. The molecule has 3 N–H and O–H groups in total. The molecule has 0 bridgehead atoms. The van der Waals surface area contributed by atoms with Gasteiger partial charge in [0.2, 0.25) is 10.0 Å². The molecule has 0 unspecified atom stereocenters. The van der Waals surface area contributed by atoms with Gasteiger partial charge in [-0.15, -0.1) is 0 Å². The second kappa shape index (κ2) is 5.92. The van der Waals surface area contributed by atoms with E-state index in [0.717, 1.165) is 5.56 Å². The number of benzene rings is 1. The van der Waals surface area contributed by atoms with Crippen molar-refractivity contribution in [2.24, 2.45) is 5.14 Å². The first kappa shape index (κ1) is 14.6. The minimum Gasteiger partial charge on any atom is -0.352 e. The van der Waals surface area contributed by atoms with E-state index in [1.54, 1.807) is 13.0 Å². The number of sulfonamides is 1. The van der Waals surface area contributed by atoms with Crippen LogP contribution in [-0.4, -0.2) is 26.6 Å². The second-order valence-corrected chi connectivity index (χ2v) is 5.69. The molecule has 0 saturated heterocycles. The summed E-state index contributed by atoms with van der Waals surface area (Å²) in [6.45, 7) is 1.85. The van der Waals surface area contributed by atoms with Gasteiger partial charge >= 0.3 is 0 Å². The van der Waals surface area contributed by atoms with E-state index in [9.17, 15) is 17.6 Å². The number of hydrogen-bond acceptors (Lipinski definition) is 3. The fourth-order valence-corrected chi connectivity index (χ4v) is 1.92. The Bertz CT molecular complexity index is 543. The molecule has 7 heteroatoms. The summed E-state index contributed by atoms with van der Waals surface area (Å²) in [4.78, 5) is 11.6. The minimum atomic E-state index is -3.53. The lowest BCUT2D eigenvalue weighted by molar-refractivity contribution is 0.0949. The Morgan fingerprint density at radius 2 is 2.11 bits per heavy atom. The highest BCUT2D eigenvalue weighted by molar-refractivity contribution is 7.89. The Morgan fingerprint density at radius 1 is 1.44 bits per heavy atom. The molecule has 0 aliphatic carbocycles. The van der Waals surface area contributed by atoms with Crippen molar-refractivity contribution in [2.45, 2.75) is 13.3 Å². The average Bonchev–Trinajstić information content (AvgIpc) is 2.22. The number of halogens is 1. The summed E-state index contributed by atoms with van der Waals surface area (Å²) in [6.07, 6.45) is 0.193. The van der Waals surface area contributed by atoms with Crippen LogP contribution in [0.5, 0.6) is 0 Å². The zero-order valence-electron chi connectivity index (χ0n) is 9.94. The fourth-order valence-electron chi connectivity index (χ4n) is 1.37. The van der Waals surface area contributed by atoms with Crippen molar-refractivity contribution in [3.63, 3.8) is 0 Å². The molecule has 0 aliphatic heterocycles. The van der Waals surface area contributed by atoms with Gasteiger partial charge in [0, 0.05) is 6.54 Å². The predicted octanol–water partition coefficient (Wildman–Crippen LogP) is 0.543. The Kier molecular flexibility index (Phi) is 4.80. The first-order valence-electron chi connectivity index (χ1n) is 5.34. The van der Waals surface area contributed by atoms with Gasteiger partial charge in [-0.05, 0) is 31.0 Å². The molecule has 0 aliphatic rings. The van der Waals surface area contributed by atoms with Crippen LogP contribution < -0.4 is 10.5 Å². The van der Waals surface area contributed by atoms with E-state index in [4.69, 9.17) is 5.14 Å². The smallest absolute Gasteiger partial charge is 0.254 e. The fraction of sp³-hybridized carbons (Fsp3) is 0.364. The molecule has 0 spiro atoms. The number of rotatable bonds is 5. The summed E-state index contributed by atoms with van der Waals surface area (Å²) in [5.41, 5.74) is 0.662. The van der Waals surface area contributed by atoms with Crippen molar-refractivity contribution in [2.75, 3.05) is 12.3 Å². The van der Waals surface area contributed by atoms with Gasteiger partial charge in [0.15, 0.2) is 0 Å². The molecule has 1 aromatic carbocycles. The van der Waals surface area contributed by atoms with Crippen LogP contribution in [0.2, 0.25) is 0 Å². The zero-order valence-corrected chi connectivity index (χ0v) is 10.8. The third-order valence-electron chi connectivity index (χ3n) is 2.26. The van der Waals surface area contributed by atoms with Gasteiger partial charge in [0.25, 0.3) is 5.91 Å². The number of amides is 1. The van der Waals surface area contributed by atoms with E-state index in [-0.39, 0.29) is 24.3 Å². The maximum atomic E-state index is 13.4. The SMILES string of the molecule is Cc1ccc(C(=O)NCCCS(N)(=O)=O)c(F)c1. The van der Waals surface area contributed by atoms with Crippen molar-refractivity contribution in [1.29, 1.82) is 0 Å². The van der Waals surface area contributed by atoms with E-state index in [1.807, 2.05) is 0 Å². The highest BCUT2D eigenvalue weighted by Crippen LogP contribution is 2.09. The molecule has 0 fully saturated rings. The summed E-state index contributed by atoms with van der Waals surface area (Å²) < 4.78 is 34.7. The number of carbonyl (C=O) groups is 1. The molecule has 1 rings (SSSR count). The van der Waals surface area contributed by atoms with Crippen LogP contribution >= 0.6 is 0 Å². The molecule has 18 heavy (non-hydrogen) atoms. The van der Waals surface area contributed by atoms with Gasteiger partial charge < -0.3 is 5.32 Å². The van der Waals surface area contributed by atoms with Crippen LogP contribution in [0, 0.1) is 12.7 Å². The Labute approximate surface area is 105 Å². The van der Waals surface area contributed by atoms with E-state index >= 15 is 0 Å². The molecular weight excluding hydrogens is 259 g/mol. The van der Waals surface area contributed by atoms with Crippen LogP contribution in [-0.2, 0) is 10.0 Å². The number of nitrogens with two attached hydrogens (primary N) is 1. The van der Waals surface area contributed by atoms with Crippen molar-refractivity contribution < 1.29 is 17.6 Å². The topological polar surface area (TPSA) is 89.3 Å². The lowest BCUT2D eigenvalue weighted by Gasteiger charge is -2.06. The largest absolute Gasteiger partial charge is 0.352 e. The number of carbonyl (C=O) groups excluding carboxylic acids is 1. The first-order valence-corrected chi connectivity index (χ1v) is 7.06. The molecule has 1 aromatic rings. The Morgan fingerprint density at radius 3 is 2.67 bits per heavy atom. The maximum Gasteiger partial charge on any atom is 0.254 e. The number of aryl methyl sites for hydroxylation is 1. The molecular formula is C11H15FN2O3S. The average molecular weight is 274 g/mol. The lowest BCUT2D eigenvalue weighted by atomic mass is 10.1. The second-order valence-electron chi connectivity index (χ2n) is 3.96. The maximum absolute atomic E-state index is 13.4. The number of hydrogen-bond donors (Lipinski definition) is 2. The summed E-state index contributed by atoms with van der Waals surface area (Å²) >= 11 is 0. The number of primary sulfonamides is 1. The highest BCUT2D eigenvalue weighted by atomic mass is 32.2. The minimum absolute atomic E-state index is 0.0591. The molecule has 0 saturated carbocycles. The normalized spacial score (nSPS) is 11.3. The summed E-state index contributed by atoms with van der Waals surface area (Å²) in [5, 5.41) is 7.24. The van der Waals surface area contributed by atoms with E-state index in [2.05, 4.69) is 5.32 Å². The highest BCUT2D eigenvalue weighted by Gasteiger charge is 2.11. The van der Waals surface area contributed by atoms with Crippen LogP contribution in [0.4, 0.5) is 4.39 Å². The molecule has 0 atom stereocenters. The van der Waals surface area contributed by atoms with Crippen molar-refractivity contribution >= 4 is 15.9 Å². The Balaban J connectivity index is 2.51. The summed E-state index contributed by atoms with van der Waals surface area (Å²) in [7, 11) is -3.53. The molecule has 100 valence electrons. The van der Waals surface area contributed by atoms with Crippen molar-refractivity contribution in [3.8, 4) is 0 Å². The van der Waals surface area contributed by atoms with Gasteiger partial charge in [-0.25, -0.2) is 17.9 Å². The van der Waals surface area contributed by atoms with Crippen LogP contribution in [0.3, 0.4) is 0 Å². The molecule has 0 radical (unpaired) electrons. The van der Waals surface area contributed by atoms with Gasteiger partial charge in [0.05, 0.1) is 11.3 Å². The van der Waals surface area contributed by atoms with Crippen molar-refractivity contribution in [3.05, 3.63) is 35.1 Å². The first-order chi connectivity index (χ1) is 8.29. The standard InChI is InChI=1S/C11H15FN2O3S/c1-8-3-4-9(10(12)7-8)11(15)14-5-2-6-18(13,16)17/h3-4,7H,2,5-6H2,1H3,(H,14,15)(H2,13,16,17). The van der Waals surface area contributed by atoms with E-state index in [0.29, 0.717) is 0 Å². The third-order valence-corrected chi connectivity index (χ3v) is 3.12. The van der Waals surface area contributed by atoms with E-state index in [1.165, 1.54) is 12.1 Å². The van der Waals surface area contributed by atoms with Gasteiger partial charge in [-0.1, -0.05) is 6.07 Å².